The summed E-state index contributed by atoms with van der Waals surface area (Å²) in [6.45, 7) is 5.85. The quantitative estimate of drug-likeness (QED) is 0.350. The minimum atomic E-state index is -0.952. The number of hydrogen-bond donors (Lipinski definition) is 2. The fourth-order valence-electron chi connectivity index (χ4n) is 2.71. The van der Waals surface area contributed by atoms with Crippen molar-refractivity contribution in [2.45, 2.75) is 104 Å². The van der Waals surface area contributed by atoms with Gasteiger partial charge in [0.25, 0.3) is 0 Å². The predicted octanol–water partition coefficient (Wildman–Crippen LogP) is 2.03. The van der Waals surface area contributed by atoms with E-state index in [-0.39, 0.29) is 42.8 Å². The Morgan fingerprint density at radius 2 is 1.29 bits per heavy atom. The van der Waals surface area contributed by atoms with Gasteiger partial charge in [0.2, 0.25) is 5.91 Å². The number of rotatable bonds is 15. The molecule has 0 bridgehead atoms. The van der Waals surface area contributed by atoms with E-state index in [1.165, 1.54) is 57.8 Å². The van der Waals surface area contributed by atoms with Crippen LogP contribution in [-0.4, -0.2) is 23.0 Å². The van der Waals surface area contributed by atoms with Crippen LogP contribution in [0.5, 0.6) is 0 Å². The van der Waals surface area contributed by atoms with Crippen LogP contribution in [0.15, 0.2) is 0 Å². The van der Waals surface area contributed by atoms with Crippen molar-refractivity contribution in [2.75, 3.05) is 0 Å². The Hall–Kier alpha value is -0.0600. The zero-order valence-electron chi connectivity index (χ0n) is 17.4. The minimum absolute atomic E-state index is 0. The molecule has 0 rings (SSSR count). The van der Waals surface area contributed by atoms with Crippen LogP contribution in [0.4, 0.5) is 0 Å². The van der Waals surface area contributed by atoms with Gasteiger partial charge in [-0.3, -0.25) is 4.79 Å². The van der Waals surface area contributed by atoms with Crippen molar-refractivity contribution in [3.8, 4) is 0 Å². The smallest absolute Gasteiger partial charge is 1.00 e. The van der Waals surface area contributed by atoms with E-state index < -0.39 is 12.0 Å². The summed E-state index contributed by atoms with van der Waals surface area (Å²) in [5.41, 5.74) is 0. The molecule has 5 heteroatoms. The van der Waals surface area contributed by atoms with Gasteiger partial charge in [-0.1, -0.05) is 85.0 Å². The van der Waals surface area contributed by atoms with Gasteiger partial charge in [-0.25, -0.2) is 4.79 Å². The molecule has 0 fully saturated rings. The molecule has 0 saturated heterocycles. The van der Waals surface area contributed by atoms with Gasteiger partial charge in [-0.15, -0.1) is 0 Å². The second-order valence-corrected chi connectivity index (χ2v) is 6.91. The van der Waals surface area contributed by atoms with Crippen LogP contribution in [0, 0.1) is 5.92 Å². The number of carbonyl (C=O) groups excluding carboxylic acids is 1. The Kier molecular flexibility index (Phi) is 19.4. The first-order chi connectivity index (χ1) is 11.0. The topological polar surface area (TPSA) is 66.4 Å². The largest absolute Gasteiger partial charge is 1.00 e. The molecule has 2 N–H and O–H groups in total. The van der Waals surface area contributed by atoms with Crippen LogP contribution in [0.1, 0.15) is 99.2 Å². The number of carbonyl (C=O) groups is 2. The molecule has 0 heterocycles. The molecular weight excluding hydrogens is 313 g/mol. The van der Waals surface area contributed by atoms with Crippen molar-refractivity contribution in [2.24, 2.45) is 5.92 Å². The van der Waals surface area contributed by atoms with Crippen LogP contribution in [0.25, 0.3) is 0 Å². The van der Waals surface area contributed by atoms with Crippen molar-refractivity contribution in [3.63, 3.8) is 0 Å². The number of hydrogen-bond acceptors (Lipinski definition) is 2. The van der Waals surface area contributed by atoms with Crippen molar-refractivity contribution in [1.82, 2.24) is 5.32 Å². The Morgan fingerprint density at radius 1 is 0.875 bits per heavy atom. The molecule has 0 radical (unpaired) electrons. The second-order valence-electron chi connectivity index (χ2n) is 6.91. The molecule has 1 amide bonds. The Bertz CT molecular complexity index is 328. The van der Waals surface area contributed by atoms with Gasteiger partial charge in [0.15, 0.2) is 0 Å². The summed E-state index contributed by atoms with van der Waals surface area (Å²) in [6.07, 6.45) is 14.2. The van der Waals surface area contributed by atoms with Crippen LogP contribution in [0.3, 0.4) is 0 Å². The number of carboxylic acid groups (broad SMARTS) is 1. The van der Waals surface area contributed by atoms with E-state index in [1.807, 2.05) is 0 Å². The maximum absolute atomic E-state index is 11.7. The molecule has 138 valence electrons. The van der Waals surface area contributed by atoms with E-state index in [2.05, 4.69) is 12.2 Å². The summed E-state index contributed by atoms with van der Waals surface area (Å²) < 4.78 is 0. The minimum Gasteiger partial charge on any atom is -1.00 e. The molecular formula is C19H38NNaO3. The van der Waals surface area contributed by atoms with E-state index in [4.69, 9.17) is 5.11 Å². The van der Waals surface area contributed by atoms with Gasteiger partial charge in [0.1, 0.15) is 6.04 Å². The molecule has 0 aliphatic heterocycles. The second kappa shape index (κ2) is 17.8. The fourth-order valence-corrected chi connectivity index (χ4v) is 2.71. The van der Waals surface area contributed by atoms with Crippen LogP contribution >= 0.6 is 0 Å². The first-order valence-electron chi connectivity index (χ1n) is 9.51. The summed E-state index contributed by atoms with van der Waals surface area (Å²) in [4.78, 5) is 22.8. The van der Waals surface area contributed by atoms with Crippen molar-refractivity contribution < 1.29 is 45.7 Å². The van der Waals surface area contributed by atoms with Crippen LogP contribution in [0.2, 0.25) is 0 Å². The molecule has 24 heavy (non-hydrogen) atoms. The van der Waals surface area contributed by atoms with E-state index in [0.29, 0.717) is 6.42 Å². The Morgan fingerprint density at radius 3 is 1.67 bits per heavy atom. The summed E-state index contributed by atoms with van der Waals surface area (Å²) in [7, 11) is 0. The molecule has 0 aromatic heterocycles. The average Bonchev–Trinajstić information content (AvgIpc) is 2.49. The third-order valence-corrected chi connectivity index (χ3v) is 4.26. The maximum atomic E-state index is 11.7. The maximum Gasteiger partial charge on any atom is 1.00 e. The predicted molar refractivity (Wildman–Crippen MR) is 96.6 cm³/mol. The Labute approximate surface area is 172 Å². The van der Waals surface area contributed by atoms with Gasteiger partial charge in [-0.05, 0) is 12.3 Å². The summed E-state index contributed by atoms with van der Waals surface area (Å²) in [6, 6.07) is -0.768. The van der Waals surface area contributed by atoms with Gasteiger partial charge in [0.05, 0.1) is 0 Å². The van der Waals surface area contributed by atoms with Gasteiger partial charge < -0.3 is 11.8 Å². The first-order valence-corrected chi connectivity index (χ1v) is 9.51. The van der Waals surface area contributed by atoms with Gasteiger partial charge >= 0.3 is 35.5 Å². The summed E-state index contributed by atoms with van der Waals surface area (Å²) in [5, 5.41) is 11.7. The van der Waals surface area contributed by atoms with E-state index in [0.717, 1.165) is 12.8 Å². The van der Waals surface area contributed by atoms with Crippen molar-refractivity contribution in [3.05, 3.63) is 0 Å². The third kappa shape index (κ3) is 15.5. The number of nitrogens with one attached hydrogen (secondary N) is 1. The standard InChI is InChI=1S/C19H37NO3.Na.H/c1-4-5-6-7-8-9-10-11-12-13-14-15-17(21)20-18(16(2)3)19(22)23;;/h16,18H,4-15H2,1-3H3,(H,20,21)(H,22,23);;/q;+1;-1. The molecule has 0 aromatic rings. The molecule has 0 aliphatic rings. The molecule has 0 aromatic carbocycles. The fraction of sp³-hybridized carbons (Fsp3) is 0.895. The monoisotopic (exact) mass is 351 g/mol. The van der Waals surface area contributed by atoms with Crippen LogP contribution < -0.4 is 34.9 Å². The molecule has 4 nitrogen and oxygen atoms in total. The average molecular weight is 352 g/mol. The van der Waals surface area contributed by atoms with Crippen molar-refractivity contribution in [1.29, 1.82) is 0 Å². The SMILES string of the molecule is CCCCCCCCCCCCCC(=O)NC(C(=O)O)C(C)C.[H-].[Na+]. The summed E-state index contributed by atoms with van der Waals surface area (Å²) >= 11 is 0. The number of amides is 1. The van der Waals surface area contributed by atoms with E-state index >= 15 is 0 Å². The van der Waals surface area contributed by atoms with E-state index in [1.54, 1.807) is 13.8 Å². The van der Waals surface area contributed by atoms with E-state index in [9.17, 15) is 9.59 Å². The normalized spacial score (nSPS) is 11.8. The van der Waals surface area contributed by atoms with Gasteiger partial charge in [-0.2, -0.15) is 0 Å². The zero-order valence-corrected chi connectivity index (χ0v) is 18.4. The van der Waals surface area contributed by atoms with Crippen LogP contribution in [-0.2, 0) is 9.59 Å². The molecule has 1 unspecified atom stereocenters. The molecule has 0 aliphatic carbocycles. The number of carboxylic acids is 1. The number of aliphatic carboxylic acids is 1. The van der Waals surface area contributed by atoms with Gasteiger partial charge in [0, 0.05) is 6.42 Å². The Balaban J connectivity index is -0.00000242. The molecule has 0 spiro atoms. The summed E-state index contributed by atoms with van der Waals surface area (Å²) in [5.74, 6) is -1.18. The number of unbranched alkanes of at least 4 members (excludes halogenated alkanes) is 10. The molecule has 0 saturated carbocycles. The molecule has 1 atom stereocenters. The first kappa shape index (κ1) is 26.2. The van der Waals surface area contributed by atoms with Crippen molar-refractivity contribution >= 4 is 11.9 Å². The third-order valence-electron chi connectivity index (χ3n) is 4.26. The zero-order chi connectivity index (χ0) is 17.5.